The van der Waals surface area contributed by atoms with Gasteiger partial charge in [-0.05, 0) is 19.4 Å². The van der Waals surface area contributed by atoms with Crippen LogP contribution in [0.2, 0.25) is 0 Å². The topological polar surface area (TPSA) is 75.6 Å². The van der Waals surface area contributed by atoms with Crippen molar-refractivity contribution in [1.82, 2.24) is 9.80 Å². The van der Waals surface area contributed by atoms with Crippen molar-refractivity contribution in [2.45, 2.75) is 32.2 Å². The Morgan fingerprint density at radius 3 is 2.41 bits per heavy atom. The Kier molecular flexibility index (Phi) is 6.47. The van der Waals surface area contributed by atoms with Gasteiger partial charge in [-0.2, -0.15) is 0 Å². The van der Waals surface area contributed by atoms with Crippen molar-refractivity contribution in [2.24, 2.45) is 11.5 Å². The first-order valence-corrected chi connectivity index (χ1v) is 6.62. The molecule has 1 aliphatic rings. The van der Waals surface area contributed by atoms with Crippen LogP contribution in [0, 0.1) is 0 Å². The molecule has 1 fully saturated rings. The van der Waals surface area contributed by atoms with Crippen LogP contribution in [0.3, 0.4) is 0 Å². The maximum absolute atomic E-state index is 10.7. The van der Waals surface area contributed by atoms with E-state index in [2.05, 4.69) is 16.7 Å². The lowest BCUT2D eigenvalue weighted by Crippen LogP contribution is -2.51. The monoisotopic (exact) mass is 242 g/mol. The van der Waals surface area contributed by atoms with E-state index in [0.29, 0.717) is 12.5 Å². The maximum Gasteiger partial charge on any atom is 0.218 e. The first-order chi connectivity index (χ1) is 8.17. The molecule has 0 bridgehead atoms. The average Bonchev–Trinajstić information content (AvgIpc) is 2.34. The number of carbonyl (C=O) groups excluding carboxylic acids is 1. The fourth-order valence-corrected chi connectivity index (χ4v) is 2.46. The van der Waals surface area contributed by atoms with Crippen LogP contribution in [-0.2, 0) is 4.79 Å². The summed E-state index contributed by atoms with van der Waals surface area (Å²) in [6, 6.07) is 0.623. The molecular formula is C12H26N4O. The molecule has 1 unspecified atom stereocenters. The molecule has 1 aliphatic heterocycles. The van der Waals surface area contributed by atoms with E-state index in [0.717, 1.165) is 45.7 Å². The van der Waals surface area contributed by atoms with Gasteiger partial charge in [-0.1, -0.05) is 6.92 Å². The van der Waals surface area contributed by atoms with E-state index in [1.807, 2.05) is 0 Å². The zero-order chi connectivity index (χ0) is 12.7. The molecule has 0 aromatic carbocycles. The fourth-order valence-electron chi connectivity index (χ4n) is 2.46. The highest BCUT2D eigenvalue weighted by Gasteiger charge is 2.22. The lowest BCUT2D eigenvalue weighted by molar-refractivity contribution is -0.118. The van der Waals surface area contributed by atoms with Gasteiger partial charge in [0.15, 0.2) is 0 Å². The van der Waals surface area contributed by atoms with E-state index < -0.39 is 0 Å². The van der Waals surface area contributed by atoms with Crippen molar-refractivity contribution in [3.05, 3.63) is 0 Å². The van der Waals surface area contributed by atoms with Gasteiger partial charge < -0.3 is 16.4 Å². The van der Waals surface area contributed by atoms with E-state index in [9.17, 15) is 4.79 Å². The number of nitrogens with zero attached hydrogens (tertiary/aromatic N) is 2. The predicted molar refractivity (Wildman–Crippen MR) is 69.6 cm³/mol. The summed E-state index contributed by atoms with van der Waals surface area (Å²) in [7, 11) is 0. The van der Waals surface area contributed by atoms with Crippen molar-refractivity contribution in [3.63, 3.8) is 0 Å². The standard InChI is InChI=1S/C12H26N4O/c1-2-11(3-5-13)16-9-7-15(8-10-16)6-4-12(14)17/h11H,2-10,13H2,1H3,(H2,14,17). The van der Waals surface area contributed by atoms with Crippen LogP contribution in [0.15, 0.2) is 0 Å². The summed E-state index contributed by atoms with van der Waals surface area (Å²) in [6.45, 7) is 8.02. The zero-order valence-electron chi connectivity index (χ0n) is 10.9. The molecule has 1 atom stereocenters. The molecule has 5 nitrogen and oxygen atoms in total. The van der Waals surface area contributed by atoms with E-state index in [-0.39, 0.29) is 5.91 Å². The molecule has 1 heterocycles. The first-order valence-electron chi connectivity index (χ1n) is 6.62. The SMILES string of the molecule is CCC(CCN)N1CCN(CCC(N)=O)CC1. The number of amides is 1. The zero-order valence-corrected chi connectivity index (χ0v) is 10.9. The van der Waals surface area contributed by atoms with Gasteiger partial charge in [0, 0.05) is 45.2 Å². The molecule has 17 heavy (non-hydrogen) atoms. The van der Waals surface area contributed by atoms with Crippen molar-refractivity contribution in [1.29, 1.82) is 0 Å². The van der Waals surface area contributed by atoms with Gasteiger partial charge in [0.2, 0.25) is 5.91 Å². The number of piperazine rings is 1. The van der Waals surface area contributed by atoms with Gasteiger partial charge in [-0.3, -0.25) is 9.69 Å². The Hall–Kier alpha value is -0.650. The number of rotatable bonds is 7. The minimum absolute atomic E-state index is 0.206. The molecule has 0 aromatic rings. The van der Waals surface area contributed by atoms with Crippen molar-refractivity contribution in [3.8, 4) is 0 Å². The lowest BCUT2D eigenvalue weighted by Gasteiger charge is -2.39. The van der Waals surface area contributed by atoms with Gasteiger partial charge >= 0.3 is 0 Å². The molecule has 1 saturated heterocycles. The van der Waals surface area contributed by atoms with Gasteiger partial charge in [-0.25, -0.2) is 0 Å². The minimum atomic E-state index is -0.206. The summed E-state index contributed by atoms with van der Waals surface area (Å²) in [6.07, 6.45) is 2.72. The molecule has 100 valence electrons. The summed E-state index contributed by atoms with van der Waals surface area (Å²) < 4.78 is 0. The van der Waals surface area contributed by atoms with Crippen LogP contribution in [0.4, 0.5) is 0 Å². The van der Waals surface area contributed by atoms with Crippen LogP contribution in [0.25, 0.3) is 0 Å². The van der Waals surface area contributed by atoms with Crippen LogP contribution < -0.4 is 11.5 Å². The Balaban J connectivity index is 2.26. The van der Waals surface area contributed by atoms with E-state index in [4.69, 9.17) is 11.5 Å². The highest BCUT2D eigenvalue weighted by molar-refractivity contribution is 5.73. The molecule has 1 rings (SSSR count). The van der Waals surface area contributed by atoms with Crippen molar-refractivity contribution >= 4 is 5.91 Å². The van der Waals surface area contributed by atoms with Crippen LogP contribution in [-0.4, -0.2) is 61.0 Å². The molecule has 0 radical (unpaired) electrons. The molecule has 0 aliphatic carbocycles. The summed E-state index contributed by atoms with van der Waals surface area (Å²) in [5.74, 6) is -0.206. The van der Waals surface area contributed by atoms with E-state index in [1.165, 1.54) is 6.42 Å². The predicted octanol–water partition coefficient (Wildman–Crippen LogP) is -0.393. The van der Waals surface area contributed by atoms with Crippen LogP contribution in [0.5, 0.6) is 0 Å². The number of hydrogen-bond donors (Lipinski definition) is 2. The molecule has 0 aromatic heterocycles. The third-order valence-electron chi connectivity index (χ3n) is 3.57. The van der Waals surface area contributed by atoms with Gasteiger partial charge in [0.05, 0.1) is 0 Å². The van der Waals surface area contributed by atoms with E-state index in [1.54, 1.807) is 0 Å². The molecule has 0 spiro atoms. The Morgan fingerprint density at radius 1 is 1.29 bits per heavy atom. The Morgan fingerprint density at radius 2 is 1.94 bits per heavy atom. The smallest absolute Gasteiger partial charge is 0.218 e. The lowest BCUT2D eigenvalue weighted by atomic mass is 10.1. The maximum atomic E-state index is 10.7. The minimum Gasteiger partial charge on any atom is -0.370 e. The largest absolute Gasteiger partial charge is 0.370 e. The second-order valence-corrected chi connectivity index (χ2v) is 4.73. The van der Waals surface area contributed by atoms with Gasteiger partial charge in [0.1, 0.15) is 0 Å². The number of primary amides is 1. The second kappa shape index (κ2) is 7.63. The average molecular weight is 242 g/mol. The molecular weight excluding hydrogens is 216 g/mol. The summed E-state index contributed by atoms with van der Waals surface area (Å²) in [5.41, 5.74) is 10.8. The van der Waals surface area contributed by atoms with Gasteiger partial charge in [0.25, 0.3) is 0 Å². The Bertz CT molecular complexity index is 227. The highest BCUT2D eigenvalue weighted by atomic mass is 16.1. The van der Waals surface area contributed by atoms with E-state index >= 15 is 0 Å². The summed E-state index contributed by atoms with van der Waals surface area (Å²) in [5, 5.41) is 0. The summed E-state index contributed by atoms with van der Waals surface area (Å²) >= 11 is 0. The molecule has 5 heteroatoms. The highest BCUT2D eigenvalue weighted by Crippen LogP contribution is 2.11. The van der Waals surface area contributed by atoms with Crippen LogP contribution >= 0.6 is 0 Å². The normalized spacial score (nSPS) is 20.4. The molecule has 4 N–H and O–H groups in total. The molecule has 0 saturated carbocycles. The number of carbonyl (C=O) groups is 1. The third-order valence-corrected chi connectivity index (χ3v) is 3.57. The Labute approximate surface area is 104 Å². The first kappa shape index (κ1) is 14.4. The van der Waals surface area contributed by atoms with Crippen molar-refractivity contribution in [2.75, 3.05) is 39.3 Å². The number of hydrogen-bond acceptors (Lipinski definition) is 4. The molecule has 1 amide bonds. The van der Waals surface area contributed by atoms with Crippen molar-refractivity contribution < 1.29 is 4.79 Å². The quantitative estimate of drug-likeness (QED) is 0.637. The fraction of sp³-hybridized carbons (Fsp3) is 0.917. The third kappa shape index (κ3) is 5.02. The number of nitrogens with two attached hydrogens (primary N) is 2. The van der Waals surface area contributed by atoms with Crippen LogP contribution in [0.1, 0.15) is 26.2 Å². The summed E-state index contributed by atoms with van der Waals surface area (Å²) in [4.78, 5) is 15.6. The second-order valence-electron chi connectivity index (χ2n) is 4.73. The van der Waals surface area contributed by atoms with Gasteiger partial charge in [-0.15, -0.1) is 0 Å².